The molecule has 0 fully saturated rings. The molecular formula is C21H16N2O. The van der Waals surface area contributed by atoms with E-state index in [-0.39, 0.29) is 0 Å². The van der Waals surface area contributed by atoms with Crippen molar-refractivity contribution in [1.82, 2.24) is 9.97 Å². The van der Waals surface area contributed by atoms with Crippen LogP contribution in [0.4, 0.5) is 0 Å². The summed E-state index contributed by atoms with van der Waals surface area (Å²) in [5.74, 6) is 0.624. The first-order valence-electron chi connectivity index (χ1n) is 7.88. The topological polar surface area (TPSA) is 46.0 Å². The number of aliphatic hydroxyl groups excluding tert-OH is 1. The van der Waals surface area contributed by atoms with Crippen molar-refractivity contribution in [3.63, 3.8) is 0 Å². The van der Waals surface area contributed by atoms with Crippen LogP contribution in [0.25, 0.3) is 22.3 Å². The van der Waals surface area contributed by atoms with Gasteiger partial charge in [0.15, 0.2) is 5.82 Å². The van der Waals surface area contributed by atoms with E-state index < -0.39 is 6.10 Å². The Morgan fingerprint density at radius 3 is 2.04 bits per heavy atom. The Balaban J connectivity index is 1.93. The zero-order valence-corrected chi connectivity index (χ0v) is 13.0. The molecule has 4 rings (SSSR count). The Morgan fingerprint density at radius 2 is 1.29 bits per heavy atom. The first-order chi connectivity index (χ1) is 11.8. The second-order valence-electron chi connectivity index (χ2n) is 5.63. The van der Waals surface area contributed by atoms with Gasteiger partial charge in [-0.3, -0.25) is 0 Å². The maximum atomic E-state index is 10.9. The van der Waals surface area contributed by atoms with Crippen molar-refractivity contribution < 1.29 is 5.11 Å². The Morgan fingerprint density at radius 1 is 0.667 bits per heavy atom. The molecule has 0 aliphatic rings. The molecule has 0 bridgehead atoms. The number of hydrogen-bond acceptors (Lipinski definition) is 3. The van der Waals surface area contributed by atoms with Crippen LogP contribution < -0.4 is 0 Å². The first kappa shape index (κ1) is 14.5. The number of aromatic nitrogens is 2. The average molecular weight is 312 g/mol. The Hall–Kier alpha value is -3.04. The van der Waals surface area contributed by atoms with Crippen LogP contribution in [-0.2, 0) is 0 Å². The number of rotatable bonds is 3. The van der Waals surface area contributed by atoms with Crippen LogP contribution in [0.3, 0.4) is 0 Å². The standard InChI is InChI=1S/C21H16N2O/c24-20(15-9-3-1-4-10-15)19-17-13-7-8-14-18(17)22-21(23-19)16-11-5-2-6-12-16/h1-14,20,24H. The van der Waals surface area contributed by atoms with Crippen molar-refractivity contribution in [2.45, 2.75) is 6.10 Å². The van der Waals surface area contributed by atoms with Gasteiger partial charge in [-0.2, -0.15) is 0 Å². The molecule has 1 atom stereocenters. The van der Waals surface area contributed by atoms with Gasteiger partial charge in [0, 0.05) is 10.9 Å². The summed E-state index contributed by atoms with van der Waals surface area (Å²) in [7, 11) is 0. The molecule has 1 N–H and O–H groups in total. The molecule has 0 saturated carbocycles. The zero-order valence-electron chi connectivity index (χ0n) is 13.0. The summed E-state index contributed by atoms with van der Waals surface area (Å²) >= 11 is 0. The lowest BCUT2D eigenvalue weighted by molar-refractivity contribution is 0.217. The van der Waals surface area contributed by atoms with Crippen LogP contribution in [0.5, 0.6) is 0 Å². The largest absolute Gasteiger partial charge is 0.382 e. The molecule has 1 unspecified atom stereocenters. The van der Waals surface area contributed by atoms with Crippen molar-refractivity contribution in [2.75, 3.05) is 0 Å². The van der Waals surface area contributed by atoms with E-state index >= 15 is 0 Å². The van der Waals surface area contributed by atoms with Crippen LogP contribution in [-0.4, -0.2) is 15.1 Å². The summed E-state index contributed by atoms with van der Waals surface area (Å²) in [6.45, 7) is 0. The third-order valence-electron chi connectivity index (χ3n) is 4.04. The lowest BCUT2D eigenvalue weighted by atomic mass is 10.0. The van der Waals surface area contributed by atoms with Crippen LogP contribution in [0.1, 0.15) is 17.4 Å². The van der Waals surface area contributed by atoms with E-state index in [2.05, 4.69) is 9.97 Å². The van der Waals surface area contributed by atoms with E-state index in [4.69, 9.17) is 0 Å². The number of nitrogens with zero attached hydrogens (tertiary/aromatic N) is 2. The van der Waals surface area contributed by atoms with E-state index in [9.17, 15) is 5.11 Å². The minimum atomic E-state index is -0.790. The maximum absolute atomic E-state index is 10.9. The van der Waals surface area contributed by atoms with Gasteiger partial charge >= 0.3 is 0 Å². The quantitative estimate of drug-likeness (QED) is 0.610. The molecule has 24 heavy (non-hydrogen) atoms. The summed E-state index contributed by atoms with van der Waals surface area (Å²) in [6.07, 6.45) is -0.790. The zero-order chi connectivity index (χ0) is 16.4. The van der Waals surface area contributed by atoms with Crippen LogP contribution in [0.2, 0.25) is 0 Å². The predicted molar refractivity (Wildman–Crippen MR) is 95.5 cm³/mol. The fraction of sp³-hybridized carbons (Fsp3) is 0.0476. The Labute approximate surface area is 140 Å². The summed E-state index contributed by atoms with van der Waals surface area (Å²) < 4.78 is 0. The lowest BCUT2D eigenvalue weighted by Gasteiger charge is -2.14. The Kier molecular flexibility index (Phi) is 3.77. The average Bonchev–Trinajstić information content (AvgIpc) is 2.68. The molecule has 0 saturated heterocycles. The second-order valence-corrected chi connectivity index (χ2v) is 5.63. The highest BCUT2D eigenvalue weighted by molar-refractivity contribution is 5.83. The molecule has 0 radical (unpaired) electrons. The van der Waals surface area contributed by atoms with Gasteiger partial charge in [0.2, 0.25) is 0 Å². The Bertz CT molecular complexity index is 969. The SMILES string of the molecule is OC(c1ccccc1)c1nc(-c2ccccc2)nc2ccccc12. The molecule has 0 aliphatic carbocycles. The molecule has 0 spiro atoms. The highest BCUT2D eigenvalue weighted by Gasteiger charge is 2.17. The van der Waals surface area contributed by atoms with Crippen molar-refractivity contribution in [2.24, 2.45) is 0 Å². The number of hydrogen-bond donors (Lipinski definition) is 1. The summed E-state index contributed by atoms with van der Waals surface area (Å²) in [5.41, 5.74) is 3.21. The van der Waals surface area contributed by atoms with E-state index in [1.165, 1.54) is 0 Å². The molecule has 4 aromatic rings. The smallest absolute Gasteiger partial charge is 0.160 e. The fourth-order valence-corrected chi connectivity index (χ4v) is 2.82. The van der Waals surface area contributed by atoms with E-state index in [0.717, 1.165) is 22.0 Å². The minimum Gasteiger partial charge on any atom is -0.382 e. The van der Waals surface area contributed by atoms with Crippen LogP contribution in [0.15, 0.2) is 84.9 Å². The summed E-state index contributed by atoms with van der Waals surface area (Å²) in [4.78, 5) is 9.35. The van der Waals surface area contributed by atoms with Crippen LogP contribution in [0, 0.1) is 0 Å². The van der Waals surface area contributed by atoms with Gasteiger partial charge in [0.05, 0.1) is 11.2 Å². The van der Waals surface area contributed by atoms with Crippen molar-refractivity contribution in [1.29, 1.82) is 0 Å². The third kappa shape index (κ3) is 2.66. The molecule has 3 aromatic carbocycles. The lowest BCUT2D eigenvalue weighted by Crippen LogP contribution is -2.06. The minimum absolute atomic E-state index is 0.624. The fourth-order valence-electron chi connectivity index (χ4n) is 2.82. The first-order valence-corrected chi connectivity index (χ1v) is 7.88. The van der Waals surface area contributed by atoms with Gasteiger partial charge in [-0.15, -0.1) is 0 Å². The normalized spacial score (nSPS) is 12.2. The number of benzene rings is 3. The maximum Gasteiger partial charge on any atom is 0.160 e. The molecule has 1 aromatic heterocycles. The molecular weight excluding hydrogens is 296 g/mol. The molecule has 1 heterocycles. The van der Waals surface area contributed by atoms with Gasteiger partial charge in [0.1, 0.15) is 6.10 Å². The second kappa shape index (κ2) is 6.22. The molecule has 0 aliphatic heterocycles. The molecule has 3 heteroatoms. The van der Waals surface area contributed by atoms with E-state index in [0.29, 0.717) is 11.5 Å². The van der Waals surface area contributed by atoms with Crippen LogP contribution >= 0.6 is 0 Å². The van der Waals surface area contributed by atoms with Crippen molar-refractivity contribution >= 4 is 10.9 Å². The van der Waals surface area contributed by atoms with Gasteiger partial charge in [-0.1, -0.05) is 78.9 Å². The van der Waals surface area contributed by atoms with E-state index in [1.807, 2.05) is 84.9 Å². The highest BCUT2D eigenvalue weighted by Crippen LogP contribution is 2.29. The van der Waals surface area contributed by atoms with E-state index in [1.54, 1.807) is 0 Å². The van der Waals surface area contributed by atoms with Gasteiger partial charge in [-0.05, 0) is 11.6 Å². The van der Waals surface area contributed by atoms with Crippen molar-refractivity contribution in [3.05, 3.63) is 96.2 Å². The molecule has 0 amide bonds. The number of fused-ring (bicyclic) bond motifs is 1. The summed E-state index contributed by atoms with van der Waals surface area (Å²) in [5, 5.41) is 11.7. The van der Waals surface area contributed by atoms with Gasteiger partial charge < -0.3 is 5.11 Å². The number of para-hydroxylation sites is 1. The monoisotopic (exact) mass is 312 g/mol. The summed E-state index contributed by atoms with van der Waals surface area (Å²) in [6, 6.07) is 27.2. The molecule has 116 valence electrons. The molecule has 3 nitrogen and oxygen atoms in total. The number of aliphatic hydroxyl groups is 1. The highest BCUT2D eigenvalue weighted by atomic mass is 16.3. The van der Waals surface area contributed by atoms with Gasteiger partial charge in [0.25, 0.3) is 0 Å². The third-order valence-corrected chi connectivity index (χ3v) is 4.04. The van der Waals surface area contributed by atoms with Crippen molar-refractivity contribution in [3.8, 4) is 11.4 Å². The predicted octanol–water partition coefficient (Wildman–Crippen LogP) is 4.38. The van der Waals surface area contributed by atoms with Gasteiger partial charge in [-0.25, -0.2) is 9.97 Å².